The highest BCUT2D eigenvalue weighted by molar-refractivity contribution is 7.90. The first kappa shape index (κ1) is 33.2. The van der Waals surface area contributed by atoms with E-state index in [-0.39, 0.29) is 27.8 Å². The summed E-state index contributed by atoms with van der Waals surface area (Å²) < 4.78 is 87.4. The van der Waals surface area contributed by atoms with Crippen molar-refractivity contribution in [2.75, 3.05) is 0 Å². The van der Waals surface area contributed by atoms with Crippen LogP contribution in [-0.2, 0) is 36.1 Å². The van der Waals surface area contributed by atoms with E-state index in [2.05, 4.69) is 14.7 Å². The van der Waals surface area contributed by atoms with Gasteiger partial charge < -0.3 is 10.1 Å². The van der Waals surface area contributed by atoms with Crippen LogP contribution in [0.5, 0.6) is 0 Å². The van der Waals surface area contributed by atoms with Gasteiger partial charge in [-0.25, -0.2) is 31.3 Å². The number of aliphatic carboxylic acids is 1. The minimum atomic E-state index is -5.08. The lowest BCUT2D eigenvalue weighted by Crippen LogP contribution is -2.31. The minimum Gasteiger partial charge on any atom is -0.475 e. The molecule has 2 atom stereocenters. The monoisotopic (exact) mass is 692 g/mol. The number of halogens is 5. The molecule has 4 aromatic rings. The predicted molar refractivity (Wildman–Crippen MR) is 154 cm³/mol. The van der Waals surface area contributed by atoms with Crippen LogP contribution in [0.25, 0.3) is 11.0 Å². The molecule has 1 unspecified atom stereocenters. The van der Waals surface area contributed by atoms with Gasteiger partial charge in [0, 0.05) is 10.0 Å². The molecule has 3 aromatic carbocycles. The molecule has 18 heteroatoms. The number of amides is 1. The molecule has 5 rings (SSSR count). The summed E-state index contributed by atoms with van der Waals surface area (Å²) in [5.41, 5.74) is 2.60. The van der Waals surface area contributed by atoms with Gasteiger partial charge in [-0.3, -0.25) is 9.52 Å². The van der Waals surface area contributed by atoms with Crippen molar-refractivity contribution < 1.29 is 44.7 Å². The Morgan fingerprint density at radius 2 is 1.66 bits per heavy atom. The number of carbonyl (C=O) groups excluding carboxylic acids is 1. The summed E-state index contributed by atoms with van der Waals surface area (Å²) in [7, 11) is -7.83. The molecule has 0 bridgehead atoms. The average molecular weight is 694 g/mol. The predicted octanol–water partition coefficient (Wildman–Crippen LogP) is 4.66. The van der Waals surface area contributed by atoms with Crippen LogP contribution in [0.3, 0.4) is 0 Å². The molecule has 1 saturated heterocycles. The van der Waals surface area contributed by atoms with Crippen LogP contribution in [0.15, 0.2) is 71.6 Å². The Labute approximate surface area is 258 Å². The molecule has 44 heavy (non-hydrogen) atoms. The summed E-state index contributed by atoms with van der Waals surface area (Å²) >= 11 is 12.1. The van der Waals surface area contributed by atoms with Crippen LogP contribution in [0.1, 0.15) is 34.7 Å². The fourth-order valence-corrected chi connectivity index (χ4v) is 7.58. The summed E-state index contributed by atoms with van der Waals surface area (Å²) in [6, 6.07) is 17.2. The summed E-state index contributed by atoms with van der Waals surface area (Å²) in [5, 5.41) is 6.52. The third-order valence-corrected chi connectivity index (χ3v) is 9.80. The number of rotatable bonds is 7. The first-order valence-corrected chi connectivity index (χ1v) is 16.1. The highest BCUT2D eigenvalue weighted by Crippen LogP contribution is 2.31. The van der Waals surface area contributed by atoms with E-state index >= 15 is 0 Å². The van der Waals surface area contributed by atoms with Crippen molar-refractivity contribution in [3.63, 3.8) is 0 Å². The fourth-order valence-electron chi connectivity index (χ4n) is 4.22. The second kappa shape index (κ2) is 12.7. The molecule has 1 amide bonds. The number of imidazole rings is 1. The summed E-state index contributed by atoms with van der Waals surface area (Å²) in [5.74, 6) is -2.91. The van der Waals surface area contributed by atoms with Crippen molar-refractivity contribution in [1.82, 2.24) is 19.4 Å². The molecule has 1 aromatic heterocycles. The molecule has 234 valence electrons. The molecule has 2 heterocycles. The number of hydrogen-bond donors (Lipinski definition) is 4. The van der Waals surface area contributed by atoms with Gasteiger partial charge in [-0.05, 0) is 47.9 Å². The number of aromatic nitrogens is 2. The van der Waals surface area contributed by atoms with Crippen LogP contribution >= 0.6 is 23.2 Å². The number of fused-ring (bicyclic) bond motifs is 1. The van der Waals surface area contributed by atoms with E-state index in [9.17, 15) is 34.8 Å². The van der Waals surface area contributed by atoms with Crippen LogP contribution < -0.4 is 9.44 Å². The van der Waals surface area contributed by atoms with Gasteiger partial charge in [0.05, 0.1) is 28.4 Å². The maximum Gasteiger partial charge on any atom is 0.490 e. The topological polar surface area (TPSA) is 175 Å². The zero-order valence-corrected chi connectivity index (χ0v) is 25.1. The van der Waals surface area contributed by atoms with E-state index in [0.29, 0.717) is 16.9 Å². The Morgan fingerprint density at radius 1 is 1.07 bits per heavy atom. The molecule has 1 aliphatic rings. The molecule has 0 radical (unpaired) electrons. The van der Waals surface area contributed by atoms with Crippen LogP contribution in [0.4, 0.5) is 13.2 Å². The van der Waals surface area contributed by atoms with Gasteiger partial charge >= 0.3 is 12.1 Å². The lowest BCUT2D eigenvalue weighted by atomic mass is 10.0. The second-order valence-corrected chi connectivity index (χ2v) is 13.9. The van der Waals surface area contributed by atoms with Crippen molar-refractivity contribution in [2.45, 2.75) is 35.2 Å². The van der Waals surface area contributed by atoms with Crippen LogP contribution in [-0.4, -0.2) is 50.0 Å². The highest BCUT2D eigenvalue weighted by Gasteiger charge is 2.38. The van der Waals surface area contributed by atoms with Gasteiger partial charge in [0.2, 0.25) is 26.0 Å². The number of para-hydroxylation sites is 2. The third kappa shape index (κ3) is 8.06. The molecule has 1 fully saturated rings. The number of alkyl halides is 3. The van der Waals surface area contributed by atoms with Gasteiger partial charge in [0.25, 0.3) is 0 Å². The molecular formula is C26H21Cl2F3N4O7S2. The SMILES string of the molecule is O=C(O)C(F)(F)F.O=C1CC(c2ccc(C[C@H](NS(=O)(=O)c3cc(Cl)cc(Cl)c3)c3nc4ccccc4[nH]3)cc2)S(=O)(=O)N1. The largest absolute Gasteiger partial charge is 0.490 e. The van der Waals surface area contributed by atoms with Crippen molar-refractivity contribution >= 4 is 66.2 Å². The fraction of sp³-hybridized carbons (Fsp3) is 0.192. The number of hydrogen-bond acceptors (Lipinski definition) is 7. The number of H-pyrrole nitrogens is 1. The Balaban J connectivity index is 0.000000566. The summed E-state index contributed by atoms with van der Waals surface area (Å²) in [4.78, 5) is 28.1. The Kier molecular flexibility index (Phi) is 9.60. The number of sulfonamides is 2. The molecule has 0 saturated carbocycles. The normalized spacial score (nSPS) is 17.0. The maximum absolute atomic E-state index is 13.3. The van der Waals surface area contributed by atoms with Gasteiger partial charge in [0.1, 0.15) is 11.1 Å². The van der Waals surface area contributed by atoms with Crippen molar-refractivity contribution in [3.8, 4) is 0 Å². The van der Waals surface area contributed by atoms with Gasteiger partial charge in [0.15, 0.2) is 0 Å². The first-order chi connectivity index (χ1) is 20.4. The molecular weight excluding hydrogens is 672 g/mol. The Bertz CT molecular complexity index is 1880. The lowest BCUT2D eigenvalue weighted by molar-refractivity contribution is -0.192. The maximum atomic E-state index is 13.3. The molecule has 11 nitrogen and oxygen atoms in total. The van der Waals surface area contributed by atoms with Gasteiger partial charge in [-0.2, -0.15) is 13.2 Å². The number of benzene rings is 3. The van der Waals surface area contributed by atoms with Gasteiger partial charge in [-0.1, -0.05) is 59.6 Å². The second-order valence-electron chi connectivity index (χ2n) is 9.43. The van der Waals surface area contributed by atoms with E-state index in [0.717, 1.165) is 11.1 Å². The number of nitrogens with one attached hydrogen (secondary N) is 3. The number of carbonyl (C=O) groups is 2. The lowest BCUT2D eigenvalue weighted by Gasteiger charge is -2.18. The van der Waals surface area contributed by atoms with Gasteiger partial charge in [-0.15, -0.1) is 0 Å². The smallest absolute Gasteiger partial charge is 0.475 e. The molecule has 0 aliphatic carbocycles. The molecule has 1 aliphatic heterocycles. The van der Waals surface area contributed by atoms with Crippen molar-refractivity contribution in [1.29, 1.82) is 0 Å². The van der Waals surface area contributed by atoms with Crippen LogP contribution in [0, 0.1) is 0 Å². The first-order valence-electron chi connectivity index (χ1n) is 12.3. The van der Waals surface area contributed by atoms with Crippen LogP contribution in [0.2, 0.25) is 10.0 Å². The van der Waals surface area contributed by atoms with E-state index in [1.165, 1.54) is 18.2 Å². The zero-order chi connectivity index (χ0) is 32.4. The third-order valence-electron chi connectivity index (χ3n) is 6.22. The van der Waals surface area contributed by atoms with E-state index in [1.807, 2.05) is 29.0 Å². The summed E-state index contributed by atoms with van der Waals surface area (Å²) in [6.07, 6.45) is -5.03. The van der Waals surface area contributed by atoms with E-state index in [4.69, 9.17) is 33.1 Å². The average Bonchev–Trinajstić information content (AvgIpc) is 3.47. The standard InChI is InChI=1S/C24H20Cl2N4O5S2.C2HF3O2/c25-16-10-17(26)12-18(11-16)36(32,33)29-21(24-27-19-3-1-2-4-20(19)28-24)9-14-5-7-15(8-6-14)22-13-23(31)30-37(22,34)35;3-2(4,5)1(6)7/h1-8,10-12,21-22,29H,9,13H2,(H,27,28)(H,30,31);(H,6,7)/t21-,22?;/m0./s1. The summed E-state index contributed by atoms with van der Waals surface area (Å²) in [6.45, 7) is 0. The minimum absolute atomic E-state index is 0.0925. The van der Waals surface area contributed by atoms with E-state index < -0.39 is 49.4 Å². The Hall–Kier alpha value is -3.70. The Morgan fingerprint density at radius 3 is 2.18 bits per heavy atom. The molecule has 0 spiro atoms. The number of carboxylic acids is 1. The number of aromatic amines is 1. The van der Waals surface area contributed by atoms with E-state index in [1.54, 1.807) is 24.3 Å². The number of carboxylic acid groups (broad SMARTS) is 1. The molecule has 4 N–H and O–H groups in total. The highest BCUT2D eigenvalue weighted by atomic mass is 35.5. The van der Waals surface area contributed by atoms with Crippen molar-refractivity contribution in [3.05, 3.63) is 93.7 Å². The zero-order valence-electron chi connectivity index (χ0n) is 22.0. The quantitative estimate of drug-likeness (QED) is 0.216. The van der Waals surface area contributed by atoms with Crippen molar-refractivity contribution in [2.24, 2.45) is 0 Å². The number of nitrogens with zero attached hydrogens (tertiary/aromatic N) is 1.